The molecule has 0 aromatic heterocycles. The quantitative estimate of drug-likeness (QED) is 0.844. The van der Waals surface area contributed by atoms with Crippen molar-refractivity contribution in [1.82, 2.24) is 15.1 Å². The highest BCUT2D eigenvalue weighted by Crippen LogP contribution is 2.35. The molecule has 2 amide bonds. The summed E-state index contributed by atoms with van der Waals surface area (Å²) >= 11 is 0. The number of likely N-dealkylation sites (tertiary alicyclic amines) is 1. The van der Waals surface area contributed by atoms with Gasteiger partial charge in [0.05, 0.1) is 6.10 Å². The summed E-state index contributed by atoms with van der Waals surface area (Å²) in [4.78, 5) is 17.7. The van der Waals surface area contributed by atoms with Gasteiger partial charge in [0, 0.05) is 49.8 Å². The maximum atomic E-state index is 12.9. The highest BCUT2D eigenvalue weighted by Gasteiger charge is 2.41. The van der Waals surface area contributed by atoms with Gasteiger partial charge in [0.25, 0.3) is 0 Å². The Labute approximate surface area is 146 Å². The predicted molar refractivity (Wildman–Crippen MR) is 94.0 cm³/mol. The number of hydrogen-bond acceptors (Lipinski definition) is 3. The van der Waals surface area contributed by atoms with Gasteiger partial charge in [-0.3, -0.25) is 4.90 Å². The molecule has 0 aromatic rings. The van der Waals surface area contributed by atoms with E-state index in [4.69, 9.17) is 4.74 Å². The minimum Gasteiger partial charge on any atom is -0.378 e. The molecule has 0 unspecified atom stereocenters. The number of fused-ring (bicyclic) bond motifs is 3. The van der Waals surface area contributed by atoms with Crippen LogP contribution >= 0.6 is 0 Å². The number of nitrogens with one attached hydrogen (secondary N) is 1. The maximum Gasteiger partial charge on any atom is 0.317 e. The van der Waals surface area contributed by atoms with E-state index in [1.54, 1.807) is 0 Å². The van der Waals surface area contributed by atoms with Crippen LogP contribution in [0.1, 0.15) is 58.8 Å². The Kier molecular flexibility index (Phi) is 4.74. The van der Waals surface area contributed by atoms with Crippen LogP contribution in [0.3, 0.4) is 0 Å². The Morgan fingerprint density at radius 3 is 2.75 bits per heavy atom. The highest BCUT2D eigenvalue weighted by molar-refractivity contribution is 5.74. The molecule has 0 radical (unpaired) electrons. The Morgan fingerprint density at radius 2 is 1.92 bits per heavy atom. The van der Waals surface area contributed by atoms with Crippen LogP contribution in [0, 0.1) is 5.92 Å². The summed E-state index contributed by atoms with van der Waals surface area (Å²) in [6.45, 7) is 7.27. The second-order valence-electron chi connectivity index (χ2n) is 8.51. The molecule has 5 nitrogen and oxygen atoms in total. The Balaban J connectivity index is 1.38. The molecule has 1 aliphatic carbocycles. The second kappa shape index (κ2) is 6.83. The minimum absolute atomic E-state index is 0.170. The molecule has 5 atom stereocenters. The number of urea groups is 1. The molecule has 1 N–H and O–H groups in total. The zero-order valence-electron chi connectivity index (χ0n) is 15.2. The van der Waals surface area contributed by atoms with E-state index in [9.17, 15) is 4.79 Å². The van der Waals surface area contributed by atoms with Gasteiger partial charge in [-0.2, -0.15) is 0 Å². The van der Waals surface area contributed by atoms with Gasteiger partial charge < -0.3 is 15.0 Å². The summed E-state index contributed by atoms with van der Waals surface area (Å²) in [5, 5.41) is 3.38. The smallest absolute Gasteiger partial charge is 0.317 e. The molecule has 2 bridgehead atoms. The fourth-order valence-corrected chi connectivity index (χ4v) is 5.74. The van der Waals surface area contributed by atoms with Crippen LogP contribution in [-0.2, 0) is 4.74 Å². The summed E-state index contributed by atoms with van der Waals surface area (Å²) in [6, 6.07) is 2.30. The van der Waals surface area contributed by atoms with Gasteiger partial charge in [0.2, 0.25) is 0 Å². The zero-order chi connectivity index (χ0) is 16.7. The third kappa shape index (κ3) is 3.05. The van der Waals surface area contributed by atoms with Gasteiger partial charge >= 0.3 is 6.03 Å². The van der Waals surface area contributed by atoms with Gasteiger partial charge in [-0.05, 0) is 58.8 Å². The number of hydrogen-bond donors (Lipinski definition) is 1. The topological polar surface area (TPSA) is 44.8 Å². The van der Waals surface area contributed by atoms with Crippen molar-refractivity contribution in [3.63, 3.8) is 0 Å². The molecule has 24 heavy (non-hydrogen) atoms. The van der Waals surface area contributed by atoms with E-state index in [-0.39, 0.29) is 6.03 Å². The summed E-state index contributed by atoms with van der Waals surface area (Å²) in [6.07, 6.45) is 8.65. The van der Waals surface area contributed by atoms with Gasteiger partial charge in [0.1, 0.15) is 0 Å². The number of amides is 2. The molecule has 5 heteroatoms. The Hall–Kier alpha value is -0.810. The van der Waals surface area contributed by atoms with Crippen molar-refractivity contribution in [2.24, 2.45) is 5.92 Å². The lowest BCUT2D eigenvalue weighted by atomic mass is 9.82. The molecule has 0 aromatic carbocycles. The van der Waals surface area contributed by atoms with Crippen LogP contribution < -0.4 is 5.32 Å². The van der Waals surface area contributed by atoms with Crippen molar-refractivity contribution < 1.29 is 9.53 Å². The lowest BCUT2D eigenvalue weighted by Crippen LogP contribution is -2.52. The van der Waals surface area contributed by atoms with Crippen molar-refractivity contribution in [1.29, 1.82) is 0 Å². The number of nitrogens with zero attached hydrogens (tertiary/aromatic N) is 2. The number of carbonyl (C=O) groups is 1. The predicted octanol–water partition coefficient (Wildman–Crippen LogP) is 2.60. The lowest BCUT2D eigenvalue weighted by Gasteiger charge is -2.35. The first-order valence-corrected chi connectivity index (χ1v) is 10.1. The first-order valence-electron chi connectivity index (χ1n) is 10.1. The van der Waals surface area contributed by atoms with E-state index >= 15 is 0 Å². The Bertz CT molecular complexity index is 470. The average molecular weight is 335 g/mol. The molecule has 0 spiro atoms. The van der Waals surface area contributed by atoms with Crippen LogP contribution in [-0.4, -0.2) is 65.8 Å². The van der Waals surface area contributed by atoms with E-state index in [0.717, 1.165) is 39.0 Å². The SMILES string of the molecule is CC(C)N1[C@H]2CC[C@H]1CN(C(=O)N[C@@H]1CCC[C@@H]3OCC[C@@H]31)CC2. The van der Waals surface area contributed by atoms with Gasteiger partial charge in [-0.1, -0.05) is 0 Å². The van der Waals surface area contributed by atoms with Crippen LogP contribution in [0.4, 0.5) is 4.79 Å². The van der Waals surface area contributed by atoms with Crippen molar-refractivity contribution in [2.45, 2.75) is 89.1 Å². The van der Waals surface area contributed by atoms with Crippen molar-refractivity contribution in [3.05, 3.63) is 0 Å². The van der Waals surface area contributed by atoms with E-state index < -0.39 is 0 Å². The first kappa shape index (κ1) is 16.6. The van der Waals surface area contributed by atoms with Gasteiger partial charge in [0.15, 0.2) is 0 Å². The molecule has 3 aliphatic heterocycles. The minimum atomic E-state index is 0.170. The van der Waals surface area contributed by atoms with Crippen LogP contribution in [0.2, 0.25) is 0 Å². The molecule has 4 fully saturated rings. The lowest BCUT2D eigenvalue weighted by molar-refractivity contribution is 0.0536. The summed E-state index contributed by atoms with van der Waals surface area (Å²) in [7, 11) is 0. The summed E-state index contributed by atoms with van der Waals surface area (Å²) < 4.78 is 5.84. The molecule has 4 rings (SSSR count). The van der Waals surface area contributed by atoms with Gasteiger partial charge in [-0.25, -0.2) is 4.79 Å². The van der Waals surface area contributed by atoms with Crippen molar-refractivity contribution in [3.8, 4) is 0 Å². The number of carbonyl (C=O) groups excluding carboxylic acids is 1. The van der Waals surface area contributed by atoms with Crippen molar-refractivity contribution in [2.75, 3.05) is 19.7 Å². The third-order valence-electron chi connectivity index (χ3n) is 6.81. The molecule has 136 valence electrons. The van der Waals surface area contributed by atoms with E-state index in [1.807, 2.05) is 0 Å². The van der Waals surface area contributed by atoms with Crippen LogP contribution in [0.15, 0.2) is 0 Å². The molecule has 3 heterocycles. The van der Waals surface area contributed by atoms with Crippen molar-refractivity contribution >= 4 is 6.03 Å². The summed E-state index contributed by atoms with van der Waals surface area (Å²) in [5.74, 6) is 0.540. The van der Waals surface area contributed by atoms with Crippen LogP contribution in [0.5, 0.6) is 0 Å². The molecule has 4 aliphatic rings. The largest absolute Gasteiger partial charge is 0.378 e. The molecule has 1 saturated carbocycles. The second-order valence-corrected chi connectivity index (χ2v) is 8.51. The monoisotopic (exact) mass is 335 g/mol. The van der Waals surface area contributed by atoms with Gasteiger partial charge in [-0.15, -0.1) is 0 Å². The summed E-state index contributed by atoms with van der Waals surface area (Å²) in [5.41, 5.74) is 0. The molecular formula is C19H33N3O2. The standard InChI is InChI=1S/C19H33N3O2/c1-13(2)22-14-6-7-15(22)12-21(10-8-14)19(23)20-17-4-3-5-18-16(17)9-11-24-18/h13-18H,3-12H2,1-2H3,(H,20,23)/t14-,15-,16+,17+,18-/m0/s1. The highest BCUT2D eigenvalue weighted by atomic mass is 16.5. The maximum absolute atomic E-state index is 12.9. The van der Waals surface area contributed by atoms with E-state index in [0.29, 0.717) is 36.2 Å². The Morgan fingerprint density at radius 1 is 1.08 bits per heavy atom. The number of rotatable bonds is 2. The van der Waals surface area contributed by atoms with E-state index in [2.05, 4.69) is 29.0 Å². The molecule has 3 saturated heterocycles. The fourth-order valence-electron chi connectivity index (χ4n) is 5.74. The average Bonchev–Trinajstić information content (AvgIpc) is 3.11. The van der Waals surface area contributed by atoms with Crippen LogP contribution in [0.25, 0.3) is 0 Å². The first-order chi connectivity index (χ1) is 11.6. The zero-order valence-corrected chi connectivity index (χ0v) is 15.2. The molecular weight excluding hydrogens is 302 g/mol. The normalized spacial score (nSPS) is 39.8. The number of ether oxygens (including phenoxy) is 1. The third-order valence-corrected chi connectivity index (χ3v) is 6.81. The fraction of sp³-hybridized carbons (Fsp3) is 0.947. The van der Waals surface area contributed by atoms with E-state index in [1.165, 1.54) is 25.7 Å².